The average Bonchev–Trinajstić information content (AvgIpc) is 2.89. The lowest BCUT2D eigenvalue weighted by Gasteiger charge is -2.19. The second kappa shape index (κ2) is 9.47. The molecule has 5 rings (SSSR count). The molecule has 0 saturated carbocycles. The fourth-order valence-corrected chi connectivity index (χ4v) is 4.72. The van der Waals surface area contributed by atoms with Crippen LogP contribution in [0.15, 0.2) is 115 Å². The zero-order chi connectivity index (χ0) is 25.3. The molecule has 2 heteroatoms. The largest absolute Gasteiger partial charge is 0.398 e. The van der Waals surface area contributed by atoms with Gasteiger partial charge in [0.2, 0.25) is 0 Å². The minimum absolute atomic E-state index is 0.0843. The van der Waals surface area contributed by atoms with Crippen LogP contribution in [0.25, 0.3) is 44.5 Å². The van der Waals surface area contributed by atoms with Crippen molar-refractivity contribution in [2.75, 3.05) is 5.73 Å². The van der Waals surface area contributed by atoms with Gasteiger partial charge in [0.05, 0.1) is 0 Å². The molecule has 0 aliphatic heterocycles. The summed E-state index contributed by atoms with van der Waals surface area (Å²) in [6, 6.07) is 38.0. The van der Waals surface area contributed by atoms with E-state index in [0.717, 1.165) is 38.9 Å². The van der Waals surface area contributed by atoms with Crippen molar-refractivity contribution >= 4 is 5.69 Å². The van der Waals surface area contributed by atoms with Crippen LogP contribution in [0.5, 0.6) is 0 Å². The van der Waals surface area contributed by atoms with Gasteiger partial charge < -0.3 is 5.73 Å². The molecule has 0 radical (unpaired) electrons. The van der Waals surface area contributed by atoms with E-state index in [1.807, 2.05) is 66.7 Å². The van der Waals surface area contributed by atoms with Crippen molar-refractivity contribution in [2.24, 2.45) is 0 Å². The Kier molecular flexibility index (Phi) is 6.20. The van der Waals surface area contributed by atoms with Gasteiger partial charge in [0.1, 0.15) is 5.82 Å². The van der Waals surface area contributed by atoms with Gasteiger partial charge in [-0.25, -0.2) is 4.39 Å². The molecule has 0 unspecified atom stereocenters. The Hall–Kier alpha value is -4.17. The zero-order valence-electron chi connectivity index (χ0n) is 20.9. The van der Waals surface area contributed by atoms with Gasteiger partial charge in [0.15, 0.2) is 0 Å². The SMILES string of the molecule is CC(C)(C)c1ccc(-c2ccc(F)c(-c3ccccc3-c3ccccc3-c3ccccc3N)c2)cc1. The molecule has 36 heavy (non-hydrogen) atoms. The van der Waals surface area contributed by atoms with Gasteiger partial charge in [-0.1, -0.05) is 118 Å². The Morgan fingerprint density at radius 2 is 0.944 bits per heavy atom. The Balaban J connectivity index is 1.64. The van der Waals surface area contributed by atoms with E-state index in [2.05, 4.69) is 63.2 Å². The maximum atomic E-state index is 15.4. The summed E-state index contributed by atoms with van der Waals surface area (Å²) < 4.78 is 15.4. The van der Waals surface area contributed by atoms with Gasteiger partial charge in [0.25, 0.3) is 0 Å². The third-order valence-electron chi connectivity index (χ3n) is 6.74. The normalized spacial score (nSPS) is 11.4. The van der Waals surface area contributed by atoms with E-state index >= 15 is 4.39 Å². The lowest BCUT2D eigenvalue weighted by molar-refractivity contribution is 0.590. The summed E-state index contributed by atoms with van der Waals surface area (Å²) >= 11 is 0. The lowest BCUT2D eigenvalue weighted by Crippen LogP contribution is -2.10. The molecule has 0 aromatic heterocycles. The van der Waals surface area contributed by atoms with Gasteiger partial charge in [-0.2, -0.15) is 0 Å². The Morgan fingerprint density at radius 3 is 1.47 bits per heavy atom. The second-order valence-corrected chi connectivity index (χ2v) is 10.2. The topological polar surface area (TPSA) is 26.0 Å². The van der Waals surface area contributed by atoms with Crippen LogP contribution in [-0.4, -0.2) is 0 Å². The van der Waals surface area contributed by atoms with Crippen LogP contribution in [0.1, 0.15) is 26.3 Å². The van der Waals surface area contributed by atoms with E-state index < -0.39 is 0 Å². The van der Waals surface area contributed by atoms with Gasteiger partial charge in [-0.05, 0) is 62.6 Å². The molecule has 5 aromatic carbocycles. The molecule has 0 aliphatic carbocycles. The number of hydrogen-bond acceptors (Lipinski definition) is 1. The Bertz CT molecular complexity index is 1520. The molecule has 0 amide bonds. The first-order valence-corrected chi connectivity index (χ1v) is 12.3. The number of hydrogen-bond donors (Lipinski definition) is 1. The van der Waals surface area contributed by atoms with Crippen molar-refractivity contribution in [3.63, 3.8) is 0 Å². The van der Waals surface area contributed by atoms with E-state index in [1.54, 1.807) is 6.07 Å². The number of nitrogens with two attached hydrogens (primary N) is 1. The van der Waals surface area contributed by atoms with Gasteiger partial charge in [-0.15, -0.1) is 0 Å². The molecule has 0 spiro atoms. The molecular weight excluding hydrogens is 441 g/mol. The molecule has 178 valence electrons. The number of anilines is 1. The van der Waals surface area contributed by atoms with E-state index in [0.29, 0.717) is 11.3 Å². The molecule has 0 bridgehead atoms. The van der Waals surface area contributed by atoms with Crippen LogP contribution in [0.3, 0.4) is 0 Å². The summed E-state index contributed by atoms with van der Waals surface area (Å²) in [5, 5.41) is 0. The van der Waals surface area contributed by atoms with Crippen LogP contribution in [-0.2, 0) is 5.41 Å². The molecule has 0 atom stereocenters. The highest BCUT2D eigenvalue weighted by Crippen LogP contribution is 2.41. The van der Waals surface area contributed by atoms with Crippen LogP contribution in [0.4, 0.5) is 10.1 Å². The average molecular weight is 472 g/mol. The standard InChI is InChI=1S/C34H30FN/c1-34(2,3)25-19-16-23(17-20-25)24-18-21-32(35)31(22-24)29-13-7-5-11-27(29)26-10-4-6-12-28(26)30-14-8-9-15-33(30)36/h4-22H,36H2,1-3H3. The molecule has 0 saturated heterocycles. The van der Waals surface area contributed by atoms with E-state index in [9.17, 15) is 0 Å². The maximum absolute atomic E-state index is 15.4. The Labute approximate surface area is 213 Å². The van der Waals surface area contributed by atoms with Crippen molar-refractivity contribution in [2.45, 2.75) is 26.2 Å². The molecular formula is C34H30FN. The van der Waals surface area contributed by atoms with Gasteiger partial charge >= 0.3 is 0 Å². The number of rotatable bonds is 4. The third kappa shape index (κ3) is 4.55. The fourth-order valence-electron chi connectivity index (χ4n) is 4.72. The zero-order valence-corrected chi connectivity index (χ0v) is 20.9. The highest BCUT2D eigenvalue weighted by atomic mass is 19.1. The van der Waals surface area contributed by atoms with Crippen LogP contribution in [0, 0.1) is 5.82 Å². The van der Waals surface area contributed by atoms with E-state index in [4.69, 9.17) is 5.73 Å². The minimum Gasteiger partial charge on any atom is -0.398 e. The Morgan fingerprint density at radius 1 is 0.500 bits per heavy atom. The molecule has 0 heterocycles. The van der Waals surface area contributed by atoms with Crippen LogP contribution < -0.4 is 5.73 Å². The van der Waals surface area contributed by atoms with Crippen molar-refractivity contribution < 1.29 is 4.39 Å². The molecule has 0 fully saturated rings. The summed E-state index contributed by atoms with van der Waals surface area (Å²) in [6.07, 6.45) is 0. The lowest BCUT2D eigenvalue weighted by atomic mass is 9.85. The van der Waals surface area contributed by atoms with E-state index in [-0.39, 0.29) is 11.2 Å². The predicted octanol–water partition coefficient (Wildman–Crippen LogP) is 9.37. The van der Waals surface area contributed by atoms with Gasteiger partial charge in [0, 0.05) is 16.8 Å². The van der Waals surface area contributed by atoms with Crippen LogP contribution in [0.2, 0.25) is 0 Å². The minimum atomic E-state index is -0.241. The van der Waals surface area contributed by atoms with Crippen molar-refractivity contribution in [1.82, 2.24) is 0 Å². The first-order chi connectivity index (χ1) is 17.3. The van der Waals surface area contributed by atoms with Crippen molar-refractivity contribution in [3.05, 3.63) is 127 Å². The monoisotopic (exact) mass is 471 g/mol. The fraction of sp³-hybridized carbons (Fsp3) is 0.118. The molecule has 5 aromatic rings. The maximum Gasteiger partial charge on any atom is 0.131 e. The number of nitrogen functional groups attached to an aromatic ring is 1. The molecule has 2 N–H and O–H groups in total. The summed E-state index contributed by atoms with van der Waals surface area (Å²) in [5.41, 5.74) is 15.9. The van der Waals surface area contributed by atoms with Crippen molar-refractivity contribution in [1.29, 1.82) is 0 Å². The predicted molar refractivity (Wildman–Crippen MR) is 151 cm³/mol. The number of para-hydroxylation sites is 1. The van der Waals surface area contributed by atoms with Crippen molar-refractivity contribution in [3.8, 4) is 44.5 Å². The summed E-state index contributed by atoms with van der Waals surface area (Å²) in [4.78, 5) is 0. The number of halogens is 1. The highest BCUT2D eigenvalue weighted by molar-refractivity contribution is 5.94. The number of benzene rings is 5. The first-order valence-electron chi connectivity index (χ1n) is 12.3. The summed E-state index contributed by atoms with van der Waals surface area (Å²) in [5.74, 6) is -0.241. The smallest absolute Gasteiger partial charge is 0.131 e. The highest BCUT2D eigenvalue weighted by Gasteiger charge is 2.17. The quantitative estimate of drug-likeness (QED) is 0.260. The summed E-state index contributed by atoms with van der Waals surface area (Å²) in [6.45, 7) is 6.61. The first kappa shape index (κ1) is 23.6. The van der Waals surface area contributed by atoms with Gasteiger partial charge in [-0.3, -0.25) is 0 Å². The van der Waals surface area contributed by atoms with E-state index in [1.165, 1.54) is 5.56 Å². The molecule has 0 aliphatic rings. The molecule has 1 nitrogen and oxygen atoms in total. The van der Waals surface area contributed by atoms with Crippen LogP contribution >= 0.6 is 0 Å². The third-order valence-corrected chi connectivity index (χ3v) is 6.74. The second-order valence-electron chi connectivity index (χ2n) is 10.2. The summed E-state index contributed by atoms with van der Waals surface area (Å²) in [7, 11) is 0.